The van der Waals surface area contributed by atoms with Crippen LogP contribution in [0.1, 0.15) is 31.3 Å². The highest BCUT2D eigenvalue weighted by Gasteiger charge is 2.12. The van der Waals surface area contributed by atoms with Crippen LogP contribution in [-0.2, 0) is 6.54 Å². The molecular weight excluding hydrogens is 330 g/mol. The number of benzene rings is 1. The first-order valence-electron chi connectivity index (χ1n) is 6.85. The molecule has 4 nitrogen and oxygen atoms in total. The highest BCUT2D eigenvalue weighted by Crippen LogP contribution is 2.27. The van der Waals surface area contributed by atoms with Gasteiger partial charge in [-0.3, -0.25) is 0 Å². The van der Waals surface area contributed by atoms with Crippen LogP contribution in [0.5, 0.6) is 0 Å². The van der Waals surface area contributed by atoms with Gasteiger partial charge in [-0.05, 0) is 28.1 Å². The zero-order chi connectivity index (χ0) is 14.8. The van der Waals surface area contributed by atoms with Crippen LogP contribution in [0.15, 0.2) is 51.8 Å². The summed E-state index contributed by atoms with van der Waals surface area (Å²) in [5.74, 6) is 2.07. The van der Waals surface area contributed by atoms with Crippen molar-refractivity contribution in [1.82, 2.24) is 14.5 Å². The zero-order valence-corrected chi connectivity index (χ0v) is 13.5. The van der Waals surface area contributed by atoms with Crippen LogP contribution in [0.25, 0.3) is 11.5 Å². The first-order chi connectivity index (χ1) is 10.1. The van der Waals surface area contributed by atoms with Crippen LogP contribution in [0.2, 0.25) is 0 Å². The summed E-state index contributed by atoms with van der Waals surface area (Å²) >= 11 is 3.52. The predicted octanol–water partition coefficient (Wildman–Crippen LogP) is 4.47. The van der Waals surface area contributed by atoms with E-state index in [0.717, 1.165) is 21.6 Å². The van der Waals surface area contributed by atoms with Crippen molar-refractivity contribution in [3.05, 3.63) is 58.9 Å². The largest absolute Gasteiger partial charge is 0.444 e. The molecule has 0 N–H and O–H groups in total. The maximum atomic E-state index is 5.61. The van der Waals surface area contributed by atoms with E-state index in [1.54, 1.807) is 6.26 Å². The highest BCUT2D eigenvalue weighted by molar-refractivity contribution is 9.10. The molecule has 21 heavy (non-hydrogen) atoms. The minimum absolute atomic E-state index is 0.384. The molecular formula is C16H16BrN3O. The molecule has 1 aromatic carbocycles. The van der Waals surface area contributed by atoms with Crippen molar-refractivity contribution >= 4 is 15.9 Å². The number of nitrogens with zero attached hydrogens (tertiary/aromatic N) is 3. The number of rotatable bonds is 4. The van der Waals surface area contributed by atoms with Crippen LogP contribution in [0.3, 0.4) is 0 Å². The van der Waals surface area contributed by atoms with Crippen LogP contribution in [0.4, 0.5) is 0 Å². The van der Waals surface area contributed by atoms with Gasteiger partial charge in [-0.2, -0.15) is 0 Å². The molecule has 0 spiro atoms. The first kappa shape index (κ1) is 14.1. The van der Waals surface area contributed by atoms with E-state index in [4.69, 9.17) is 4.42 Å². The smallest absolute Gasteiger partial charge is 0.227 e. The van der Waals surface area contributed by atoms with Gasteiger partial charge in [0.2, 0.25) is 5.89 Å². The second kappa shape index (κ2) is 5.85. The molecule has 0 aliphatic rings. The lowest BCUT2D eigenvalue weighted by Crippen LogP contribution is -2.06. The van der Waals surface area contributed by atoms with Crippen molar-refractivity contribution in [1.29, 1.82) is 0 Å². The van der Waals surface area contributed by atoms with E-state index in [0.29, 0.717) is 18.4 Å². The minimum atomic E-state index is 0.384. The molecule has 5 heteroatoms. The van der Waals surface area contributed by atoms with Gasteiger partial charge in [0.25, 0.3) is 0 Å². The fraction of sp³-hybridized carbons (Fsp3) is 0.250. The molecule has 0 unspecified atom stereocenters. The normalized spacial score (nSPS) is 11.2. The number of halogens is 1. The third-order valence-corrected chi connectivity index (χ3v) is 3.94. The van der Waals surface area contributed by atoms with Crippen molar-refractivity contribution in [3.63, 3.8) is 0 Å². The third-order valence-electron chi connectivity index (χ3n) is 3.25. The standard InChI is InChI=1S/C16H16BrN3O/c1-11(2)15-18-7-8-20(15)9-12-10-21-16(19-12)13-5-3-4-6-14(13)17/h3-8,10-11H,9H2,1-2H3. The summed E-state index contributed by atoms with van der Waals surface area (Å²) in [5.41, 5.74) is 1.85. The van der Waals surface area contributed by atoms with Gasteiger partial charge in [0.15, 0.2) is 0 Å². The summed E-state index contributed by atoms with van der Waals surface area (Å²) in [4.78, 5) is 8.96. The lowest BCUT2D eigenvalue weighted by Gasteiger charge is -2.08. The first-order valence-corrected chi connectivity index (χ1v) is 7.65. The molecule has 0 atom stereocenters. The third kappa shape index (κ3) is 2.93. The molecule has 108 valence electrons. The van der Waals surface area contributed by atoms with Gasteiger partial charge in [-0.15, -0.1) is 0 Å². The second-order valence-electron chi connectivity index (χ2n) is 5.19. The molecule has 2 heterocycles. The average molecular weight is 346 g/mol. The fourth-order valence-electron chi connectivity index (χ4n) is 2.27. The lowest BCUT2D eigenvalue weighted by atomic mass is 10.2. The SMILES string of the molecule is CC(C)c1nccn1Cc1coc(-c2ccccc2Br)n1. The van der Waals surface area contributed by atoms with Crippen LogP contribution in [0, 0.1) is 0 Å². The lowest BCUT2D eigenvalue weighted by molar-refractivity contribution is 0.570. The Balaban J connectivity index is 1.86. The predicted molar refractivity (Wildman–Crippen MR) is 85.1 cm³/mol. The van der Waals surface area contributed by atoms with Crippen molar-refractivity contribution in [3.8, 4) is 11.5 Å². The van der Waals surface area contributed by atoms with E-state index in [9.17, 15) is 0 Å². The average Bonchev–Trinajstić information content (AvgIpc) is 3.09. The number of aromatic nitrogens is 3. The van der Waals surface area contributed by atoms with E-state index in [-0.39, 0.29) is 0 Å². The molecule has 0 saturated carbocycles. The quantitative estimate of drug-likeness (QED) is 0.700. The number of imidazole rings is 1. The van der Waals surface area contributed by atoms with E-state index < -0.39 is 0 Å². The molecule has 2 aromatic heterocycles. The van der Waals surface area contributed by atoms with Gasteiger partial charge >= 0.3 is 0 Å². The maximum Gasteiger partial charge on any atom is 0.227 e. The number of oxazole rings is 1. The van der Waals surface area contributed by atoms with Gasteiger partial charge in [-0.25, -0.2) is 9.97 Å². The van der Waals surface area contributed by atoms with Crippen molar-refractivity contribution in [2.45, 2.75) is 26.3 Å². The Hall–Kier alpha value is -1.88. The molecule has 0 saturated heterocycles. The number of hydrogen-bond acceptors (Lipinski definition) is 3. The maximum absolute atomic E-state index is 5.61. The summed E-state index contributed by atoms with van der Waals surface area (Å²) in [6.07, 6.45) is 5.51. The highest BCUT2D eigenvalue weighted by atomic mass is 79.9. The van der Waals surface area contributed by atoms with E-state index in [2.05, 4.69) is 44.3 Å². The van der Waals surface area contributed by atoms with E-state index in [1.807, 2.05) is 36.7 Å². The topological polar surface area (TPSA) is 43.9 Å². The van der Waals surface area contributed by atoms with Gasteiger partial charge in [0, 0.05) is 22.8 Å². The van der Waals surface area contributed by atoms with Gasteiger partial charge < -0.3 is 8.98 Å². The van der Waals surface area contributed by atoms with E-state index >= 15 is 0 Å². The molecule has 0 bridgehead atoms. The minimum Gasteiger partial charge on any atom is -0.444 e. The molecule has 3 rings (SSSR count). The Morgan fingerprint density at radius 1 is 1.29 bits per heavy atom. The Morgan fingerprint density at radius 3 is 2.86 bits per heavy atom. The van der Waals surface area contributed by atoms with Crippen molar-refractivity contribution < 1.29 is 4.42 Å². The van der Waals surface area contributed by atoms with Crippen LogP contribution >= 0.6 is 15.9 Å². The summed E-state index contributed by atoms with van der Waals surface area (Å²) < 4.78 is 8.69. The van der Waals surface area contributed by atoms with Crippen LogP contribution < -0.4 is 0 Å². The Bertz CT molecular complexity index is 745. The zero-order valence-electron chi connectivity index (χ0n) is 12.0. The molecule has 0 fully saturated rings. The van der Waals surface area contributed by atoms with Gasteiger partial charge in [0.05, 0.1) is 17.8 Å². The molecule has 0 radical (unpaired) electrons. The molecule has 0 amide bonds. The Labute approximate surface area is 132 Å². The Morgan fingerprint density at radius 2 is 2.10 bits per heavy atom. The molecule has 0 aliphatic heterocycles. The van der Waals surface area contributed by atoms with Crippen molar-refractivity contribution in [2.24, 2.45) is 0 Å². The second-order valence-corrected chi connectivity index (χ2v) is 6.05. The molecule has 3 aromatic rings. The summed E-state index contributed by atoms with van der Waals surface area (Å²) in [5, 5.41) is 0. The van der Waals surface area contributed by atoms with E-state index in [1.165, 1.54) is 0 Å². The summed E-state index contributed by atoms with van der Waals surface area (Å²) in [6, 6.07) is 7.90. The Kier molecular flexibility index (Phi) is 3.92. The summed E-state index contributed by atoms with van der Waals surface area (Å²) in [7, 11) is 0. The van der Waals surface area contributed by atoms with Crippen molar-refractivity contribution in [2.75, 3.05) is 0 Å². The van der Waals surface area contributed by atoms with Gasteiger partial charge in [-0.1, -0.05) is 26.0 Å². The molecule has 0 aliphatic carbocycles. The fourth-order valence-corrected chi connectivity index (χ4v) is 2.72. The summed E-state index contributed by atoms with van der Waals surface area (Å²) in [6.45, 7) is 4.93. The van der Waals surface area contributed by atoms with Gasteiger partial charge in [0.1, 0.15) is 12.1 Å². The monoisotopic (exact) mass is 345 g/mol. The number of hydrogen-bond donors (Lipinski definition) is 0. The van der Waals surface area contributed by atoms with Crippen LogP contribution in [-0.4, -0.2) is 14.5 Å².